The number of ether oxygens (including phenoxy) is 1. The van der Waals surface area contributed by atoms with Crippen LogP contribution in [0.25, 0.3) is 11.0 Å². The normalized spacial score (nSPS) is 14.9. The average molecular weight is 459 g/mol. The Balaban J connectivity index is 1.68. The van der Waals surface area contributed by atoms with Gasteiger partial charge in [-0.2, -0.15) is 0 Å². The summed E-state index contributed by atoms with van der Waals surface area (Å²) in [5.41, 5.74) is 3.02. The Morgan fingerprint density at radius 3 is 2.75 bits per heavy atom. The summed E-state index contributed by atoms with van der Waals surface area (Å²) in [6.45, 7) is 3.96. The summed E-state index contributed by atoms with van der Waals surface area (Å²) in [5.74, 6) is 2.65. The van der Waals surface area contributed by atoms with Crippen molar-refractivity contribution in [2.45, 2.75) is 17.2 Å². The van der Waals surface area contributed by atoms with E-state index in [0.717, 1.165) is 76.0 Å². The number of aromatic nitrogens is 2. The van der Waals surface area contributed by atoms with Gasteiger partial charge >= 0.3 is 0 Å². The summed E-state index contributed by atoms with van der Waals surface area (Å²) < 4.78 is 6.58. The van der Waals surface area contributed by atoms with Crippen molar-refractivity contribution in [3.05, 3.63) is 52.5 Å². The van der Waals surface area contributed by atoms with Crippen LogP contribution in [0.1, 0.15) is 12.0 Å². The van der Waals surface area contributed by atoms with Crippen LogP contribution in [0.5, 0.6) is 5.75 Å². The van der Waals surface area contributed by atoms with Crippen LogP contribution in [0.15, 0.2) is 52.0 Å². The monoisotopic (exact) mass is 458 g/mol. The topological polar surface area (TPSA) is 50.3 Å². The van der Waals surface area contributed by atoms with Crippen LogP contribution in [0.4, 0.5) is 5.82 Å². The number of anilines is 1. The Kier molecular flexibility index (Phi) is 6.34. The zero-order chi connectivity index (χ0) is 19.3. The summed E-state index contributed by atoms with van der Waals surface area (Å²) in [6.07, 6.45) is 1.11. The molecule has 0 radical (unpaired) electrons. The molecule has 5 nitrogen and oxygen atoms in total. The van der Waals surface area contributed by atoms with Crippen molar-refractivity contribution in [3.63, 3.8) is 0 Å². The smallest absolute Gasteiger partial charge is 0.162 e. The number of fused-ring (bicyclic) bond motifs is 1. The van der Waals surface area contributed by atoms with E-state index in [4.69, 9.17) is 14.7 Å². The molecular formula is C21H23BrN4OS. The van der Waals surface area contributed by atoms with E-state index in [-0.39, 0.29) is 0 Å². The maximum Gasteiger partial charge on any atom is 0.162 e. The molecule has 0 spiro atoms. The molecule has 1 aliphatic heterocycles. The number of thioether (sulfide) groups is 1. The minimum atomic E-state index is 0.773. The Bertz CT molecular complexity index is 960. The number of rotatable bonds is 5. The van der Waals surface area contributed by atoms with Gasteiger partial charge < -0.3 is 15.0 Å². The van der Waals surface area contributed by atoms with Crippen molar-refractivity contribution in [1.82, 2.24) is 15.3 Å². The van der Waals surface area contributed by atoms with Crippen molar-refractivity contribution in [2.75, 3.05) is 38.2 Å². The highest BCUT2D eigenvalue weighted by molar-refractivity contribution is 9.10. The van der Waals surface area contributed by atoms with Crippen LogP contribution >= 0.6 is 27.7 Å². The highest BCUT2D eigenvalue weighted by Crippen LogP contribution is 2.34. The summed E-state index contributed by atoms with van der Waals surface area (Å²) >= 11 is 5.28. The molecule has 0 amide bonds. The molecule has 0 bridgehead atoms. The molecule has 1 aliphatic rings. The van der Waals surface area contributed by atoms with Gasteiger partial charge in [-0.1, -0.05) is 39.8 Å². The molecule has 1 fully saturated rings. The molecule has 4 rings (SSSR count). The van der Waals surface area contributed by atoms with Crippen molar-refractivity contribution >= 4 is 44.5 Å². The number of benzene rings is 2. The zero-order valence-corrected chi connectivity index (χ0v) is 18.2. The van der Waals surface area contributed by atoms with Crippen LogP contribution in [-0.4, -0.2) is 43.3 Å². The van der Waals surface area contributed by atoms with Crippen LogP contribution in [0, 0.1) is 0 Å². The van der Waals surface area contributed by atoms with E-state index >= 15 is 0 Å². The third-order valence-corrected chi connectivity index (χ3v) is 6.26. The molecule has 1 saturated heterocycles. The maximum absolute atomic E-state index is 5.53. The van der Waals surface area contributed by atoms with Gasteiger partial charge in [0.05, 0.1) is 18.1 Å². The minimum Gasteiger partial charge on any atom is -0.496 e. The molecule has 0 aliphatic carbocycles. The largest absolute Gasteiger partial charge is 0.496 e. The molecule has 7 heteroatoms. The van der Waals surface area contributed by atoms with Crippen LogP contribution in [0.2, 0.25) is 0 Å². The lowest BCUT2D eigenvalue weighted by Gasteiger charge is -2.23. The predicted molar refractivity (Wildman–Crippen MR) is 119 cm³/mol. The molecule has 3 aromatic rings. The van der Waals surface area contributed by atoms with Crippen molar-refractivity contribution in [3.8, 4) is 5.75 Å². The first-order valence-corrected chi connectivity index (χ1v) is 11.2. The van der Waals surface area contributed by atoms with Crippen LogP contribution in [-0.2, 0) is 5.75 Å². The molecule has 1 N–H and O–H groups in total. The first-order chi connectivity index (χ1) is 13.7. The van der Waals surface area contributed by atoms with E-state index in [1.54, 1.807) is 18.9 Å². The van der Waals surface area contributed by atoms with Gasteiger partial charge in [0.15, 0.2) is 5.82 Å². The van der Waals surface area contributed by atoms with Gasteiger partial charge in [0.2, 0.25) is 0 Å². The maximum atomic E-state index is 5.53. The van der Waals surface area contributed by atoms with Gasteiger partial charge in [-0.3, -0.25) is 0 Å². The van der Waals surface area contributed by atoms with E-state index < -0.39 is 0 Å². The molecular weight excluding hydrogens is 436 g/mol. The second-order valence-electron chi connectivity index (χ2n) is 6.68. The van der Waals surface area contributed by atoms with Gasteiger partial charge in [-0.15, -0.1) is 0 Å². The molecule has 0 unspecified atom stereocenters. The molecule has 146 valence electrons. The number of hydrogen-bond donors (Lipinski definition) is 1. The van der Waals surface area contributed by atoms with E-state index in [9.17, 15) is 0 Å². The van der Waals surface area contributed by atoms with E-state index in [1.165, 1.54) is 0 Å². The van der Waals surface area contributed by atoms with Gasteiger partial charge in [-0.25, -0.2) is 9.97 Å². The van der Waals surface area contributed by atoms with Gasteiger partial charge in [-0.05, 0) is 43.3 Å². The zero-order valence-electron chi connectivity index (χ0n) is 15.8. The molecule has 28 heavy (non-hydrogen) atoms. The van der Waals surface area contributed by atoms with Gasteiger partial charge in [0, 0.05) is 35.4 Å². The molecule has 2 aromatic carbocycles. The highest BCUT2D eigenvalue weighted by Gasteiger charge is 2.18. The second kappa shape index (κ2) is 9.11. The fraction of sp³-hybridized carbons (Fsp3) is 0.333. The Hall–Kier alpha value is -1.83. The average Bonchev–Trinajstić information content (AvgIpc) is 3.01. The Morgan fingerprint density at radius 1 is 1.11 bits per heavy atom. The Morgan fingerprint density at radius 2 is 1.93 bits per heavy atom. The predicted octanol–water partition coefficient (Wildman–Crippen LogP) is 4.49. The first kappa shape index (κ1) is 19.5. The van der Waals surface area contributed by atoms with Crippen molar-refractivity contribution < 1.29 is 4.74 Å². The lowest BCUT2D eigenvalue weighted by atomic mass is 10.2. The third-order valence-electron chi connectivity index (χ3n) is 4.77. The molecule has 0 atom stereocenters. The number of nitrogens with one attached hydrogen (secondary N) is 1. The standard InChI is InChI=1S/C21H23BrN4OS/c1-27-19-8-7-16(22)13-15(19)14-28-21-20(26-11-4-9-23-10-12-26)24-17-5-2-3-6-18(17)25-21/h2-3,5-8,13,23H,4,9-12,14H2,1H3. The Labute approximate surface area is 178 Å². The van der Waals surface area contributed by atoms with E-state index in [0.29, 0.717) is 0 Å². The SMILES string of the molecule is COc1ccc(Br)cc1CSc1nc2ccccc2nc1N1CCCNCC1. The summed E-state index contributed by atoms with van der Waals surface area (Å²) in [4.78, 5) is 12.3. The second-order valence-corrected chi connectivity index (χ2v) is 8.56. The first-order valence-electron chi connectivity index (χ1n) is 9.42. The number of halogens is 1. The number of hydrogen-bond acceptors (Lipinski definition) is 6. The third kappa shape index (κ3) is 4.42. The van der Waals surface area contributed by atoms with Crippen molar-refractivity contribution in [2.24, 2.45) is 0 Å². The lowest BCUT2D eigenvalue weighted by molar-refractivity contribution is 0.411. The minimum absolute atomic E-state index is 0.773. The fourth-order valence-electron chi connectivity index (χ4n) is 3.34. The quantitative estimate of drug-likeness (QED) is 0.568. The molecule has 1 aromatic heterocycles. The number of para-hydroxylation sites is 2. The molecule has 2 heterocycles. The van der Waals surface area contributed by atoms with Crippen LogP contribution in [0.3, 0.4) is 0 Å². The van der Waals surface area contributed by atoms with Gasteiger partial charge in [0.25, 0.3) is 0 Å². The van der Waals surface area contributed by atoms with Gasteiger partial charge in [0.1, 0.15) is 10.8 Å². The fourth-order valence-corrected chi connectivity index (χ4v) is 4.73. The lowest BCUT2D eigenvalue weighted by Crippen LogP contribution is -2.29. The van der Waals surface area contributed by atoms with Crippen molar-refractivity contribution in [1.29, 1.82) is 0 Å². The van der Waals surface area contributed by atoms with E-state index in [2.05, 4.69) is 32.2 Å². The summed E-state index contributed by atoms with van der Waals surface area (Å²) in [6, 6.07) is 14.2. The summed E-state index contributed by atoms with van der Waals surface area (Å²) in [5, 5.41) is 4.44. The number of nitrogens with zero attached hydrogens (tertiary/aromatic N) is 3. The molecule has 0 saturated carbocycles. The summed E-state index contributed by atoms with van der Waals surface area (Å²) in [7, 11) is 1.71. The number of methoxy groups -OCH3 is 1. The van der Waals surface area contributed by atoms with E-state index in [1.807, 2.05) is 36.4 Å². The van der Waals surface area contributed by atoms with Crippen LogP contribution < -0.4 is 15.0 Å². The highest BCUT2D eigenvalue weighted by atomic mass is 79.9.